The molecule has 1 nitrogen and oxygen atoms in total. The molecule has 0 saturated carbocycles. The van der Waals surface area contributed by atoms with Crippen LogP contribution in [-0.2, 0) is 12.8 Å². The lowest BCUT2D eigenvalue weighted by Gasteiger charge is -2.11. The first-order valence-electron chi connectivity index (χ1n) is 15.2. The summed E-state index contributed by atoms with van der Waals surface area (Å²) in [5.74, 6) is 0. The molecule has 0 fully saturated rings. The van der Waals surface area contributed by atoms with Crippen molar-refractivity contribution >= 4 is 21.8 Å². The molecule has 0 bridgehead atoms. The summed E-state index contributed by atoms with van der Waals surface area (Å²) in [6.45, 7) is 2.25. The lowest BCUT2D eigenvalue weighted by molar-refractivity contribution is 0.795. The number of hydrogen-bond acceptors (Lipinski definition) is 0. The summed E-state index contributed by atoms with van der Waals surface area (Å²) < 4.78 is 2.38. The lowest BCUT2D eigenvalue weighted by Crippen LogP contribution is -1.93. The number of fused-ring (bicyclic) bond motifs is 6. The van der Waals surface area contributed by atoms with E-state index in [9.17, 15) is 0 Å². The maximum absolute atomic E-state index is 2.40. The normalized spacial score (nSPS) is 12.1. The highest BCUT2D eigenvalue weighted by Crippen LogP contribution is 2.41. The summed E-state index contributed by atoms with van der Waals surface area (Å²) in [7, 11) is 0. The van der Waals surface area contributed by atoms with Crippen LogP contribution in [-0.4, -0.2) is 4.57 Å². The van der Waals surface area contributed by atoms with E-state index in [2.05, 4.69) is 145 Å². The van der Waals surface area contributed by atoms with Crippen LogP contribution in [0.25, 0.3) is 60.9 Å². The highest BCUT2D eigenvalue weighted by molar-refractivity contribution is 6.09. The van der Waals surface area contributed by atoms with Crippen LogP contribution in [0.15, 0.2) is 133 Å². The highest BCUT2D eigenvalue weighted by Gasteiger charge is 2.20. The third-order valence-corrected chi connectivity index (χ3v) is 9.04. The van der Waals surface area contributed by atoms with Gasteiger partial charge in [0.25, 0.3) is 0 Å². The molecule has 0 spiro atoms. The smallest absolute Gasteiger partial charge is 0.0541 e. The zero-order chi connectivity index (χ0) is 28.0. The quantitative estimate of drug-likeness (QED) is 0.198. The van der Waals surface area contributed by atoms with Crippen molar-refractivity contribution in [1.82, 2.24) is 4.57 Å². The van der Waals surface area contributed by atoms with Crippen molar-refractivity contribution < 1.29 is 0 Å². The molecule has 0 radical (unpaired) electrons. The first-order chi connectivity index (χ1) is 20.8. The Morgan fingerprint density at radius 3 is 1.57 bits per heavy atom. The second kappa shape index (κ2) is 10.2. The van der Waals surface area contributed by atoms with E-state index in [1.165, 1.54) is 90.4 Å². The van der Waals surface area contributed by atoms with Crippen molar-refractivity contribution in [1.29, 1.82) is 0 Å². The fraction of sp³-hybridized carbons (Fsp3) is 0.122. The van der Waals surface area contributed by atoms with Crippen LogP contribution in [0.5, 0.6) is 0 Å². The molecule has 42 heavy (non-hydrogen) atoms. The monoisotopic (exact) mass is 539 g/mol. The number of aryl methyl sites for hydroxylation is 1. The zero-order valence-corrected chi connectivity index (χ0v) is 24.0. The summed E-state index contributed by atoms with van der Waals surface area (Å²) in [5, 5.41) is 2.59. The summed E-state index contributed by atoms with van der Waals surface area (Å²) in [6, 6.07) is 49.7. The van der Waals surface area contributed by atoms with Crippen LogP contribution in [0.2, 0.25) is 0 Å². The first-order valence-corrected chi connectivity index (χ1v) is 15.2. The van der Waals surface area contributed by atoms with Crippen LogP contribution in [0.3, 0.4) is 0 Å². The summed E-state index contributed by atoms with van der Waals surface area (Å²) in [5.41, 5.74) is 15.8. The molecule has 1 heterocycles. The minimum atomic E-state index is 1.01. The van der Waals surface area contributed by atoms with Gasteiger partial charge in [-0.25, -0.2) is 0 Å². The van der Waals surface area contributed by atoms with Crippen molar-refractivity contribution in [3.63, 3.8) is 0 Å². The third-order valence-electron chi connectivity index (χ3n) is 9.04. The Bertz CT molecular complexity index is 2020. The molecule has 0 atom stereocenters. The molecule has 7 aromatic rings. The molecule has 0 amide bonds. The predicted molar refractivity (Wildman–Crippen MR) is 179 cm³/mol. The Hall–Kier alpha value is -4.88. The van der Waals surface area contributed by atoms with E-state index < -0.39 is 0 Å². The molecule has 8 rings (SSSR count). The van der Waals surface area contributed by atoms with E-state index in [1.807, 2.05) is 0 Å². The van der Waals surface area contributed by atoms with Crippen molar-refractivity contribution in [2.24, 2.45) is 0 Å². The van der Waals surface area contributed by atoms with Gasteiger partial charge in [0.1, 0.15) is 0 Å². The largest absolute Gasteiger partial charge is 0.309 e. The van der Waals surface area contributed by atoms with Gasteiger partial charge in [-0.15, -0.1) is 0 Å². The maximum atomic E-state index is 2.40. The van der Waals surface area contributed by atoms with Crippen LogP contribution in [0.1, 0.15) is 36.5 Å². The molecular formula is C41H33N. The number of rotatable bonds is 6. The molecule has 1 aromatic heterocycles. The van der Waals surface area contributed by atoms with Gasteiger partial charge in [-0.2, -0.15) is 0 Å². The number of para-hydroxylation sites is 2. The zero-order valence-electron chi connectivity index (χ0n) is 24.0. The Morgan fingerprint density at radius 1 is 0.524 bits per heavy atom. The number of aromatic nitrogens is 1. The van der Waals surface area contributed by atoms with Crippen molar-refractivity contribution in [3.8, 4) is 39.1 Å². The van der Waals surface area contributed by atoms with E-state index in [1.54, 1.807) is 0 Å². The molecule has 1 aliphatic rings. The Kier molecular flexibility index (Phi) is 6.04. The van der Waals surface area contributed by atoms with Gasteiger partial charge in [0, 0.05) is 16.5 Å². The Morgan fingerprint density at radius 2 is 1.02 bits per heavy atom. The topological polar surface area (TPSA) is 4.93 Å². The average molecular weight is 540 g/mol. The van der Waals surface area contributed by atoms with Crippen molar-refractivity contribution in [3.05, 3.63) is 150 Å². The molecule has 0 N–H and O–H groups in total. The molecule has 0 aliphatic heterocycles. The molecule has 1 aliphatic carbocycles. The standard InChI is InChI=1S/C41H33N/c1-2-3-8-28-13-15-29(16-14-28)31-17-19-33-25-34-20-18-32(27-39(34)38(33)26-31)30-21-23-35(24-22-30)42-40-11-6-4-9-36(40)37-10-5-7-12-41(37)42/h4-7,9-24,26-27H,2-3,8,25H2,1H3. The van der Waals surface area contributed by atoms with Crippen LogP contribution >= 0.6 is 0 Å². The van der Waals surface area contributed by atoms with Gasteiger partial charge >= 0.3 is 0 Å². The summed E-state index contributed by atoms with van der Waals surface area (Å²) in [4.78, 5) is 0. The van der Waals surface area contributed by atoms with E-state index in [0.717, 1.165) is 12.8 Å². The molecule has 0 unspecified atom stereocenters. The number of nitrogens with zero attached hydrogens (tertiary/aromatic N) is 1. The van der Waals surface area contributed by atoms with E-state index >= 15 is 0 Å². The fourth-order valence-electron chi connectivity index (χ4n) is 6.78. The van der Waals surface area contributed by atoms with E-state index in [0.29, 0.717) is 0 Å². The van der Waals surface area contributed by atoms with Gasteiger partial charge in [0.05, 0.1) is 11.0 Å². The molecule has 202 valence electrons. The minimum absolute atomic E-state index is 1.01. The Balaban J connectivity index is 1.13. The second-order valence-corrected chi connectivity index (χ2v) is 11.6. The highest BCUT2D eigenvalue weighted by atomic mass is 15.0. The molecule has 6 aromatic carbocycles. The van der Waals surface area contributed by atoms with Crippen LogP contribution in [0, 0.1) is 0 Å². The maximum Gasteiger partial charge on any atom is 0.0541 e. The minimum Gasteiger partial charge on any atom is -0.309 e. The fourth-order valence-corrected chi connectivity index (χ4v) is 6.78. The van der Waals surface area contributed by atoms with Gasteiger partial charge in [-0.05, 0) is 106 Å². The van der Waals surface area contributed by atoms with Crippen LogP contribution < -0.4 is 0 Å². The average Bonchev–Trinajstić information content (AvgIpc) is 3.59. The van der Waals surface area contributed by atoms with Crippen molar-refractivity contribution in [2.75, 3.05) is 0 Å². The van der Waals surface area contributed by atoms with Crippen LogP contribution in [0.4, 0.5) is 0 Å². The van der Waals surface area contributed by atoms with Gasteiger partial charge in [0.15, 0.2) is 0 Å². The Labute approximate surface area is 247 Å². The summed E-state index contributed by atoms with van der Waals surface area (Å²) in [6.07, 6.45) is 4.66. The third kappa shape index (κ3) is 4.16. The number of benzene rings is 6. The first kappa shape index (κ1) is 24.9. The van der Waals surface area contributed by atoms with E-state index in [4.69, 9.17) is 0 Å². The van der Waals surface area contributed by atoms with Gasteiger partial charge in [0.2, 0.25) is 0 Å². The second-order valence-electron chi connectivity index (χ2n) is 11.6. The van der Waals surface area contributed by atoms with E-state index in [-0.39, 0.29) is 0 Å². The SMILES string of the molecule is CCCCc1ccc(-c2ccc3c(c2)-c2cc(-c4ccc(-n5c6ccccc6c6ccccc65)cc4)ccc2C3)cc1. The number of hydrogen-bond donors (Lipinski definition) is 0. The van der Waals surface area contributed by atoms with Crippen molar-refractivity contribution in [2.45, 2.75) is 32.6 Å². The van der Waals surface area contributed by atoms with Gasteiger partial charge in [-0.1, -0.05) is 110 Å². The van der Waals surface area contributed by atoms with Gasteiger partial charge in [-0.3, -0.25) is 0 Å². The molecule has 0 saturated heterocycles. The lowest BCUT2D eigenvalue weighted by atomic mass is 9.95. The van der Waals surface area contributed by atoms with Gasteiger partial charge < -0.3 is 4.57 Å². The summed E-state index contributed by atoms with van der Waals surface area (Å²) >= 11 is 0. The molecule has 1 heteroatoms. The predicted octanol–water partition coefficient (Wildman–Crippen LogP) is 11.0. The number of unbranched alkanes of at least 4 members (excludes halogenated alkanes) is 1. The molecular weight excluding hydrogens is 506 g/mol.